The number of aliphatic carboxylic acids is 1. The summed E-state index contributed by atoms with van der Waals surface area (Å²) in [6.07, 6.45) is 53.7. The van der Waals surface area contributed by atoms with Crippen LogP contribution in [-0.2, 0) is 28.6 Å². The molecule has 0 heterocycles. The number of unbranched alkanes of at least 4 members (excludes halogenated alkanes) is 31. The fraction of sp³-hybridized carbons (Fsp3) is 0.873. The van der Waals surface area contributed by atoms with Crippen LogP contribution in [0, 0.1) is 0 Å². The average molecular weight is 891 g/mol. The van der Waals surface area contributed by atoms with Crippen molar-refractivity contribution in [2.45, 2.75) is 270 Å². The molecule has 2 unspecified atom stereocenters. The second kappa shape index (κ2) is 46.3. The van der Waals surface area contributed by atoms with E-state index in [0.717, 1.165) is 51.4 Å². The zero-order valence-corrected chi connectivity index (χ0v) is 42.3. The van der Waals surface area contributed by atoms with E-state index >= 15 is 0 Å². The number of allylic oxidation sites excluding steroid dienone is 4. The third-order valence-electron chi connectivity index (χ3n) is 12.3. The highest BCUT2D eigenvalue weighted by Gasteiger charge is 2.31. The molecule has 0 aliphatic heterocycles. The van der Waals surface area contributed by atoms with Crippen LogP contribution in [0.15, 0.2) is 24.3 Å². The Bertz CT molecular complexity index is 1080. The van der Waals surface area contributed by atoms with Gasteiger partial charge in [0.15, 0.2) is 12.1 Å². The summed E-state index contributed by atoms with van der Waals surface area (Å²) in [7, 11) is 5.54. The first-order chi connectivity index (χ1) is 30.6. The second-order valence-corrected chi connectivity index (χ2v) is 19.5. The maximum Gasteiger partial charge on any atom is 0.362 e. The van der Waals surface area contributed by atoms with Gasteiger partial charge in [0.1, 0.15) is 6.61 Å². The van der Waals surface area contributed by atoms with Crippen molar-refractivity contribution in [3.8, 4) is 0 Å². The molecule has 0 aromatic carbocycles. The van der Waals surface area contributed by atoms with Gasteiger partial charge in [0.25, 0.3) is 0 Å². The number of hydrogen-bond donors (Lipinski definition) is 1. The van der Waals surface area contributed by atoms with Crippen molar-refractivity contribution in [3.05, 3.63) is 24.3 Å². The van der Waals surface area contributed by atoms with E-state index in [-0.39, 0.29) is 36.2 Å². The average Bonchev–Trinajstić information content (AvgIpc) is 3.24. The lowest BCUT2D eigenvalue weighted by Gasteiger charge is -2.31. The van der Waals surface area contributed by atoms with Crippen LogP contribution in [0.2, 0.25) is 0 Å². The molecule has 0 aliphatic carbocycles. The van der Waals surface area contributed by atoms with Crippen LogP contribution in [0.5, 0.6) is 0 Å². The lowest BCUT2D eigenvalue weighted by atomic mass is 10.1. The van der Waals surface area contributed by atoms with Crippen LogP contribution in [0.25, 0.3) is 0 Å². The van der Waals surface area contributed by atoms with Crippen molar-refractivity contribution in [3.63, 3.8) is 0 Å². The van der Waals surface area contributed by atoms with Gasteiger partial charge < -0.3 is 23.8 Å². The third kappa shape index (κ3) is 44.8. The van der Waals surface area contributed by atoms with E-state index in [2.05, 4.69) is 38.2 Å². The molecule has 0 aromatic heterocycles. The zero-order valence-electron chi connectivity index (χ0n) is 42.3. The summed E-state index contributed by atoms with van der Waals surface area (Å²) in [5.74, 6) is -1.47. The van der Waals surface area contributed by atoms with Gasteiger partial charge in [-0.2, -0.15) is 0 Å². The molecule has 0 saturated carbocycles. The molecule has 1 N–H and O–H groups in total. The molecule has 0 rings (SSSR count). The smallest absolute Gasteiger partial charge is 0.362 e. The maximum atomic E-state index is 12.8. The van der Waals surface area contributed by atoms with Crippen LogP contribution in [0.1, 0.15) is 258 Å². The number of quaternary nitrogens is 1. The Kier molecular flexibility index (Phi) is 44.7. The summed E-state index contributed by atoms with van der Waals surface area (Å²) < 4.78 is 17.4. The molecule has 8 heteroatoms. The minimum Gasteiger partial charge on any atom is -0.477 e. The van der Waals surface area contributed by atoms with E-state index in [1.54, 1.807) is 0 Å². The lowest BCUT2D eigenvalue weighted by molar-refractivity contribution is -0.887. The SMILES string of the molecule is CCCCCCCCCCC/C=C/CCCCCCCC(=O)OC(COCCC(C(=O)O)[N+](C)(C)C)COC(=O)CCCCCCCCC/C=C/CCCCCCCCCCCC. The monoisotopic (exact) mass is 891 g/mol. The van der Waals surface area contributed by atoms with Gasteiger partial charge >= 0.3 is 17.9 Å². The molecule has 0 saturated heterocycles. The van der Waals surface area contributed by atoms with Crippen molar-refractivity contribution < 1.29 is 38.2 Å². The number of carbonyl (C=O) groups is 3. The predicted octanol–water partition coefficient (Wildman–Crippen LogP) is 15.6. The molecule has 0 aliphatic rings. The first-order valence-electron chi connectivity index (χ1n) is 26.9. The summed E-state index contributed by atoms with van der Waals surface area (Å²) in [5.41, 5.74) is 0. The number of likely N-dealkylation sites (N-methyl/N-ethyl adjacent to an activating group) is 1. The fourth-order valence-electron chi connectivity index (χ4n) is 8.14. The molecule has 370 valence electrons. The number of ether oxygens (including phenoxy) is 3. The topological polar surface area (TPSA) is 99.1 Å². The largest absolute Gasteiger partial charge is 0.477 e. The molecule has 0 amide bonds. The number of carboxylic acid groups (broad SMARTS) is 1. The molecule has 2 atom stereocenters. The zero-order chi connectivity index (χ0) is 46.3. The van der Waals surface area contributed by atoms with Crippen LogP contribution in [-0.4, -0.2) is 80.6 Å². The normalized spacial score (nSPS) is 13.0. The number of hydrogen-bond acceptors (Lipinski definition) is 6. The third-order valence-corrected chi connectivity index (χ3v) is 12.3. The van der Waals surface area contributed by atoms with Crippen molar-refractivity contribution in [1.29, 1.82) is 0 Å². The molecule has 0 bridgehead atoms. The molecule has 63 heavy (non-hydrogen) atoms. The van der Waals surface area contributed by atoms with E-state index in [0.29, 0.717) is 19.3 Å². The quantitative estimate of drug-likeness (QED) is 0.0281. The number of carboxylic acids is 1. The molecular formula is C55H104NO7+. The highest BCUT2D eigenvalue weighted by molar-refractivity contribution is 5.72. The standard InChI is InChI=1S/C55H103NO7/c1-6-8-10-12-14-16-18-20-22-24-26-27-28-30-31-33-35-37-39-41-43-45-53(57)62-50-51(49-61-48-47-52(55(59)60)56(3,4)5)63-54(58)46-44-42-40-38-36-34-32-29-25-23-21-19-17-15-13-11-9-7-2/h27-29,32,51-52H,6-26,30-31,33-50H2,1-5H3/p+1/b28-27+,32-29+. The first kappa shape index (κ1) is 60.8. The van der Waals surface area contributed by atoms with Gasteiger partial charge in [-0.15, -0.1) is 0 Å². The van der Waals surface area contributed by atoms with E-state index in [1.807, 2.05) is 21.1 Å². The molecule has 0 fully saturated rings. The number of carbonyl (C=O) groups excluding carboxylic acids is 2. The Hall–Kier alpha value is -2.19. The van der Waals surface area contributed by atoms with Gasteiger partial charge in [-0.1, -0.05) is 199 Å². The minimum absolute atomic E-state index is 0.0530. The van der Waals surface area contributed by atoms with E-state index in [9.17, 15) is 19.5 Å². The van der Waals surface area contributed by atoms with Crippen LogP contribution in [0.3, 0.4) is 0 Å². The summed E-state index contributed by atoms with van der Waals surface area (Å²) in [6, 6.07) is -0.615. The van der Waals surface area contributed by atoms with E-state index in [4.69, 9.17) is 14.2 Å². The van der Waals surface area contributed by atoms with Gasteiger partial charge in [0.05, 0.1) is 34.4 Å². The van der Waals surface area contributed by atoms with Crippen LogP contribution >= 0.6 is 0 Å². The van der Waals surface area contributed by atoms with Crippen molar-refractivity contribution >= 4 is 17.9 Å². The Balaban J connectivity index is 4.21. The van der Waals surface area contributed by atoms with Crippen LogP contribution < -0.4 is 0 Å². The molecular weight excluding hydrogens is 787 g/mol. The molecule has 0 aromatic rings. The number of nitrogens with zero attached hydrogens (tertiary/aromatic N) is 1. The Morgan fingerprint density at radius 2 is 0.794 bits per heavy atom. The summed E-state index contributed by atoms with van der Waals surface area (Å²) in [6.45, 7) is 4.77. The summed E-state index contributed by atoms with van der Waals surface area (Å²) in [5, 5.41) is 9.66. The first-order valence-corrected chi connectivity index (χ1v) is 26.9. The highest BCUT2D eigenvalue weighted by atomic mass is 16.6. The Labute approximate surface area is 390 Å². The number of rotatable bonds is 49. The second-order valence-electron chi connectivity index (χ2n) is 19.5. The minimum atomic E-state index is -0.874. The van der Waals surface area contributed by atoms with Crippen molar-refractivity contribution in [2.24, 2.45) is 0 Å². The van der Waals surface area contributed by atoms with Crippen molar-refractivity contribution in [2.75, 3.05) is 41.0 Å². The van der Waals surface area contributed by atoms with Gasteiger partial charge in [-0.3, -0.25) is 9.59 Å². The fourth-order valence-corrected chi connectivity index (χ4v) is 8.14. The van der Waals surface area contributed by atoms with Gasteiger partial charge in [0, 0.05) is 19.3 Å². The number of esters is 2. The van der Waals surface area contributed by atoms with Gasteiger partial charge in [0.2, 0.25) is 0 Å². The van der Waals surface area contributed by atoms with Crippen LogP contribution in [0.4, 0.5) is 0 Å². The molecule has 0 spiro atoms. The summed E-state index contributed by atoms with van der Waals surface area (Å²) >= 11 is 0. The van der Waals surface area contributed by atoms with Gasteiger partial charge in [-0.05, 0) is 64.2 Å². The lowest BCUT2D eigenvalue weighted by Crippen LogP contribution is -2.50. The van der Waals surface area contributed by atoms with E-state index < -0.39 is 18.1 Å². The Morgan fingerprint density at radius 1 is 0.460 bits per heavy atom. The highest BCUT2D eigenvalue weighted by Crippen LogP contribution is 2.16. The van der Waals surface area contributed by atoms with E-state index in [1.165, 1.54) is 173 Å². The molecule has 8 nitrogen and oxygen atoms in total. The molecule has 0 radical (unpaired) electrons. The van der Waals surface area contributed by atoms with Crippen molar-refractivity contribution in [1.82, 2.24) is 0 Å². The predicted molar refractivity (Wildman–Crippen MR) is 266 cm³/mol. The Morgan fingerprint density at radius 3 is 1.14 bits per heavy atom. The summed E-state index contributed by atoms with van der Waals surface area (Å²) in [4.78, 5) is 37.2. The maximum absolute atomic E-state index is 12.8. The van der Waals surface area contributed by atoms with Gasteiger partial charge in [-0.25, -0.2) is 4.79 Å².